The molecule has 0 saturated carbocycles. The van der Waals surface area contributed by atoms with Gasteiger partial charge >= 0.3 is 0 Å². The number of benzene rings is 2. The molecule has 0 aliphatic heterocycles. The number of hydrogen-bond donors (Lipinski definition) is 1. The van der Waals surface area contributed by atoms with E-state index in [0.717, 1.165) is 0 Å². The van der Waals surface area contributed by atoms with Gasteiger partial charge in [-0.15, -0.1) is 0 Å². The summed E-state index contributed by atoms with van der Waals surface area (Å²) in [5, 5.41) is 6.75. The van der Waals surface area contributed by atoms with Crippen molar-refractivity contribution in [3.05, 3.63) is 89.7 Å². The van der Waals surface area contributed by atoms with E-state index in [1.165, 1.54) is 24.5 Å². The Morgan fingerprint density at radius 1 is 1.10 bits per heavy atom. The number of rotatable bonds is 5. The second kappa shape index (κ2) is 8.07. The maximum absolute atomic E-state index is 13.9. The number of carbonyl (C=O) groups excluding carboxylic acids is 1. The first-order valence-electron chi connectivity index (χ1n) is 8.45. The zero-order valence-electron chi connectivity index (χ0n) is 14.8. The standard InChI is InChI=1S/C20H13ClFN5O2/c21-15-3-1-4-16(22)19(15)20(28)26-13-5-7-14(8-6-13)29-18-11-17(23-12-24-18)27-10-2-9-25-27/h1-12H,(H,26,28). The van der Waals surface area contributed by atoms with Crippen LogP contribution in [0.1, 0.15) is 10.4 Å². The van der Waals surface area contributed by atoms with Crippen LogP contribution >= 0.6 is 11.6 Å². The highest BCUT2D eigenvalue weighted by Crippen LogP contribution is 2.24. The van der Waals surface area contributed by atoms with Crippen LogP contribution in [0.25, 0.3) is 5.82 Å². The van der Waals surface area contributed by atoms with Crippen LogP contribution in [-0.4, -0.2) is 25.7 Å². The van der Waals surface area contributed by atoms with Crippen LogP contribution in [0, 0.1) is 5.82 Å². The van der Waals surface area contributed by atoms with E-state index in [-0.39, 0.29) is 10.6 Å². The Morgan fingerprint density at radius 3 is 2.66 bits per heavy atom. The van der Waals surface area contributed by atoms with Crippen molar-refractivity contribution in [2.75, 3.05) is 5.32 Å². The van der Waals surface area contributed by atoms with Gasteiger partial charge in [0.2, 0.25) is 5.88 Å². The van der Waals surface area contributed by atoms with Gasteiger partial charge in [-0.1, -0.05) is 17.7 Å². The van der Waals surface area contributed by atoms with Crippen LogP contribution in [0.3, 0.4) is 0 Å². The van der Waals surface area contributed by atoms with Gasteiger partial charge in [-0.25, -0.2) is 19.0 Å². The van der Waals surface area contributed by atoms with Gasteiger partial charge in [0.05, 0.1) is 10.6 Å². The highest BCUT2D eigenvalue weighted by atomic mass is 35.5. The maximum atomic E-state index is 13.9. The number of carbonyl (C=O) groups is 1. The predicted molar refractivity (Wildman–Crippen MR) is 105 cm³/mol. The molecule has 4 rings (SSSR count). The molecular weight excluding hydrogens is 397 g/mol. The van der Waals surface area contributed by atoms with Gasteiger partial charge in [-0.05, 0) is 42.5 Å². The molecule has 1 N–H and O–H groups in total. The van der Waals surface area contributed by atoms with Crippen LogP contribution in [-0.2, 0) is 0 Å². The molecule has 0 fully saturated rings. The maximum Gasteiger partial charge on any atom is 0.260 e. The molecule has 0 spiro atoms. The number of nitrogens with one attached hydrogen (secondary N) is 1. The number of ether oxygens (including phenoxy) is 1. The van der Waals surface area contributed by atoms with E-state index in [0.29, 0.717) is 23.1 Å². The van der Waals surface area contributed by atoms with Crippen molar-refractivity contribution in [2.45, 2.75) is 0 Å². The molecule has 0 atom stereocenters. The van der Waals surface area contributed by atoms with Gasteiger partial charge in [0.15, 0.2) is 5.82 Å². The van der Waals surface area contributed by atoms with E-state index in [1.807, 2.05) is 0 Å². The van der Waals surface area contributed by atoms with Crippen LogP contribution in [0.5, 0.6) is 11.6 Å². The summed E-state index contributed by atoms with van der Waals surface area (Å²) < 4.78 is 21.2. The molecule has 7 nitrogen and oxygen atoms in total. The number of hydrogen-bond acceptors (Lipinski definition) is 5. The number of halogens is 2. The largest absolute Gasteiger partial charge is 0.439 e. The average molecular weight is 410 g/mol. The molecule has 144 valence electrons. The Kier molecular flexibility index (Phi) is 5.17. The third-order valence-electron chi connectivity index (χ3n) is 3.89. The van der Waals surface area contributed by atoms with Crippen LogP contribution in [0.4, 0.5) is 10.1 Å². The lowest BCUT2D eigenvalue weighted by Crippen LogP contribution is -2.14. The Balaban J connectivity index is 1.46. The second-order valence-electron chi connectivity index (χ2n) is 5.84. The monoisotopic (exact) mass is 409 g/mol. The molecule has 0 aliphatic rings. The van der Waals surface area contributed by atoms with Crippen molar-refractivity contribution < 1.29 is 13.9 Å². The summed E-state index contributed by atoms with van der Waals surface area (Å²) in [6, 6.07) is 14.0. The first-order valence-corrected chi connectivity index (χ1v) is 8.83. The Morgan fingerprint density at radius 2 is 1.93 bits per heavy atom. The zero-order chi connectivity index (χ0) is 20.2. The average Bonchev–Trinajstić information content (AvgIpc) is 3.25. The minimum absolute atomic E-state index is 0.0409. The van der Waals surface area contributed by atoms with E-state index in [9.17, 15) is 9.18 Å². The molecule has 0 unspecified atom stereocenters. The Bertz CT molecular complexity index is 1130. The molecule has 0 saturated heterocycles. The fourth-order valence-electron chi connectivity index (χ4n) is 2.55. The molecule has 2 aromatic heterocycles. The quantitative estimate of drug-likeness (QED) is 0.524. The summed E-state index contributed by atoms with van der Waals surface area (Å²) in [6.45, 7) is 0. The smallest absolute Gasteiger partial charge is 0.260 e. The molecule has 9 heteroatoms. The third kappa shape index (κ3) is 4.22. The fourth-order valence-corrected chi connectivity index (χ4v) is 2.80. The normalized spacial score (nSPS) is 10.6. The molecule has 2 heterocycles. The fraction of sp³-hybridized carbons (Fsp3) is 0. The number of amides is 1. The minimum Gasteiger partial charge on any atom is -0.439 e. The molecule has 4 aromatic rings. The van der Waals surface area contributed by atoms with Crippen molar-refractivity contribution in [1.82, 2.24) is 19.7 Å². The summed E-state index contributed by atoms with van der Waals surface area (Å²) in [6.07, 6.45) is 4.77. The lowest BCUT2D eigenvalue weighted by Gasteiger charge is -2.09. The van der Waals surface area contributed by atoms with Crippen LogP contribution < -0.4 is 10.1 Å². The lowest BCUT2D eigenvalue weighted by molar-refractivity contribution is 0.102. The van der Waals surface area contributed by atoms with Crippen molar-refractivity contribution >= 4 is 23.2 Å². The summed E-state index contributed by atoms with van der Waals surface area (Å²) in [7, 11) is 0. The molecule has 0 radical (unpaired) electrons. The first kappa shape index (κ1) is 18.6. The summed E-state index contributed by atoms with van der Waals surface area (Å²) in [5.74, 6) is 0.0660. The second-order valence-corrected chi connectivity index (χ2v) is 6.25. The minimum atomic E-state index is -0.688. The Hall–Kier alpha value is -3.78. The highest BCUT2D eigenvalue weighted by molar-refractivity contribution is 6.34. The van der Waals surface area contributed by atoms with Gasteiger partial charge in [0, 0.05) is 24.1 Å². The predicted octanol–water partition coefficient (Wildman–Crippen LogP) is 4.50. The molecule has 0 aliphatic carbocycles. The number of nitrogens with zero attached hydrogens (tertiary/aromatic N) is 4. The molecular formula is C20H13ClFN5O2. The van der Waals surface area contributed by atoms with E-state index < -0.39 is 11.7 Å². The van der Waals surface area contributed by atoms with Crippen LogP contribution in [0.2, 0.25) is 5.02 Å². The number of aromatic nitrogens is 4. The zero-order valence-corrected chi connectivity index (χ0v) is 15.5. The van der Waals surface area contributed by atoms with Crippen molar-refractivity contribution in [2.24, 2.45) is 0 Å². The third-order valence-corrected chi connectivity index (χ3v) is 4.21. The van der Waals surface area contributed by atoms with Crippen molar-refractivity contribution in [3.63, 3.8) is 0 Å². The summed E-state index contributed by atoms with van der Waals surface area (Å²) >= 11 is 5.92. The molecule has 2 aromatic carbocycles. The van der Waals surface area contributed by atoms with Gasteiger partial charge in [-0.3, -0.25) is 4.79 Å². The van der Waals surface area contributed by atoms with Crippen molar-refractivity contribution in [3.8, 4) is 17.4 Å². The van der Waals surface area contributed by atoms with E-state index >= 15 is 0 Å². The van der Waals surface area contributed by atoms with Crippen molar-refractivity contribution in [1.29, 1.82) is 0 Å². The first-order chi connectivity index (χ1) is 14.1. The van der Waals surface area contributed by atoms with E-state index in [1.54, 1.807) is 53.5 Å². The van der Waals surface area contributed by atoms with E-state index in [2.05, 4.69) is 20.4 Å². The van der Waals surface area contributed by atoms with Gasteiger partial charge in [0.25, 0.3) is 5.91 Å². The SMILES string of the molecule is O=C(Nc1ccc(Oc2cc(-n3cccn3)ncn2)cc1)c1c(F)cccc1Cl. The molecule has 0 bridgehead atoms. The lowest BCUT2D eigenvalue weighted by atomic mass is 10.2. The van der Waals surface area contributed by atoms with Gasteiger partial charge < -0.3 is 10.1 Å². The van der Waals surface area contributed by atoms with Gasteiger partial charge in [-0.2, -0.15) is 5.10 Å². The Labute approximate surface area is 169 Å². The summed E-state index contributed by atoms with van der Waals surface area (Å²) in [4.78, 5) is 20.5. The van der Waals surface area contributed by atoms with Gasteiger partial charge in [0.1, 0.15) is 17.9 Å². The van der Waals surface area contributed by atoms with Crippen LogP contribution in [0.15, 0.2) is 73.3 Å². The van der Waals surface area contributed by atoms with E-state index in [4.69, 9.17) is 16.3 Å². The summed E-state index contributed by atoms with van der Waals surface area (Å²) in [5.41, 5.74) is 0.253. The molecule has 29 heavy (non-hydrogen) atoms. The highest BCUT2D eigenvalue weighted by Gasteiger charge is 2.15. The topological polar surface area (TPSA) is 81.9 Å². The number of anilines is 1. The molecule has 1 amide bonds.